The van der Waals surface area contributed by atoms with Crippen LogP contribution >= 0.6 is 0 Å². The average molecular weight is 496 g/mol. The minimum Gasteiger partial charge on any atom is -0.438 e. The predicted molar refractivity (Wildman–Crippen MR) is 139 cm³/mol. The molecule has 0 unspecified atom stereocenters. The van der Waals surface area contributed by atoms with E-state index in [1.54, 1.807) is 12.1 Å². The van der Waals surface area contributed by atoms with E-state index in [0.717, 1.165) is 29.8 Å². The van der Waals surface area contributed by atoms with Gasteiger partial charge in [0.05, 0.1) is 29.7 Å². The maximum Gasteiger partial charge on any atom is 0.227 e. The van der Waals surface area contributed by atoms with Gasteiger partial charge in [-0.05, 0) is 48.9 Å². The first-order valence-corrected chi connectivity index (χ1v) is 12.9. The van der Waals surface area contributed by atoms with E-state index >= 15 is 0 Å². The van der Waals surface area contributed by atoms with Gasteiger partial charge in [-0.15, -0.1) is 0 Å². The molecule has 6 nitrogen and oxygen atoms in total. The van der Waals surface area contributed by atoms with Crippen LogP contribution in [0.25, 0.3) is 5.69 Å². The van der Waals surface area contributed by atoms with E-state index in [-0.39, 0.29) is 11.7 Å². The molecule has 0 radical (unpaired) electrons. The molecule has 3 aromatic rings. The van der Waals surface area contributed by atoms with Crippen molar-refractivity contribution < 1.29 is 19.0 Å². The third-order valence-corrected chi connectivity index (χ3v) is 6.16. The van der Waals surface area contributed by atoms with E-state index < -0.39 is 6.10 Å². The van der Waals surface area contributed by atoms with Crippen LogP contribution in [0.4, 0.5) is 4.39 Å². The Morgan fingerprint density at radius 1 is 1.06 bits per heavy atom. The molecule has 1 atom stereocenters. The molecule has 4 rings (SSSR count). The maximum absolute atomic E-state index is 14.0. The highest BCUT2D eigenvalue weighted by Gasteiger charge is 2.33. The number of para-hydroxylation sites is 1. The van der Waals surface area contributed by atoms with Crippen molar-refractivity contribution in [3.63, 3.8) is 0 Å². The Hall–Kier alpha value is -2.74. The number of aliphatic hydroxyl groups is 1. The molecule has 1 fully saturated rings. The topological polar surface area (TPSA) is 59.8 Å². The summed E-state index contributed by atoms with van der Waals surface area (Å²) in [6.07, 6.45) is 1.62. The van der Waals surface area contributed by atoms with Crippen molar-refractivity contribution >= 4 is 0 Å². The highest BCUT2D eigenvalue weighted by atomic mass is 19.1. The molecule has 0 aliphatic heterocycles. The molecule has 0 amide bonds. The highest BCUT2D eigenvalue weighted by molar-refractivity contribution is 5.44. The summed E-state index contributed by atoms with van der Waals surface area (Å²) in [4.78, 5) is 2.31. The SMILES string of the molecule is CC(C)COC[C@@H](O)CN(Cc1c(C(C)C)nn(-c2ccccc2)c1Oc1cccc(F)c1)C1CC1. The minimum atomic E-state index is -0.580. The van der Waals surface area contributed by atoms with E-state index in [0.29, 0.717) is 49.9 Å². The molecule has 0 saturated heterocycles. The highest BCUT2D eigenvalue weighted by Crippen LogP contribution is 2.37. The van der Waals surface area contributed by atoms with Gasteiger partial charge in [0.15, 0.2) is 0 Å². The zero-order valence-corrected chi connectivity index (χ0v) is 21.7. The molecule has 194 valence electrons. The van der Waals surface area contributed by atoms with Crippen molar-refractivity contribution in [1.29, 1.82) is 0 Å². The normalized spacial score (nSPS) is 14.7. The van der Waals surface area contributed by atoms with Crippen LogP contribution in [0.5, 0.6) is 11.6 Å². The van der Waals surface area contributed by atoms with Crippen LogP contribution in [-0.2, 0) is 11.3 Å². The Kier molecular flexibility index (Phi) is 8.77. The van der Waals surface area contributed by atoms with Crippen molar-refractivity contribution in [3.8, 4) is 17.3 Å². The Balaban J connectivity index is 1.67. The van der Waals surface area contributed by atoms with Gasteiger partial charge < -0.3 is 14.6 Å². The van der Waals surface area contributed by atoms with Crippen molar-refractivity contribution in [2.24, 2.45) is 5.92 Å². The fourth-order valence-electron chi connectivity index (χ4n) is 4.30. The smallest absolute Gasteiger partial charge is 0.227 e. The molecular formula is C29H38FN3O3. The number of nitrogens with zero attached hydrogens (tertiary/aromatic N) is 3. The second-order valence-electron chi connectivity index (χ2n) is 10.4. The number of hydrogen-bond acceptors (Lipinski definition) is 5. The van der Waals surface area contributed by atoms with E-state index in [1.807, 2.05) is 35.0 Å². The third-order valence-electron chi connectivity index (χ3n) is 6.16. The van der Waals surface area contributed by atoms with Crippen LogP contribution in [0.15, 0.2) is 54.6 Å². The number of rotatable bonds is 13. The van der Waals surface area contributed by atoms with Crippen LogP contribution in [0.2, 0.25) is 0 Å². The van der Waals surface area contributed by atoms with Crippen LogP contribution in [0, 0.1) is 11.7 Å². The molecule has 1 heterocycles. The summed E-state index contributed by atoms with van der Waals surface area (Å²) in [6, 6.07) is 16.4. The lowest BCUT2D eigenvalue weighted by Gasteiger charge is -2.26. The molecule has 1 N–H and O–H groups in total. The van der Waals surface area contributed by atoms with Gasteiger partial charge in [0.2, 0.25) is 5.88 Å². The molecule has 1 saturated carbocycles. The van der Waals surface area contributed by atoms with Crippen molar-refractivity contribution in [2.75, 3.05) is 19.8 Å². The van der Waals surface area contributed by atoms with Crippen LogP contribution in [0.3, 0.4) is 0 Å². The van der Waals surface area contributed by atoms with Gasteiger partial charge in [-0.1, -0.05) is 52.0 Å². The number of benzene rings is 2. The molecule has 0 spiro atoms. The van der Waals surface area contributed by atoms with Gasteiger partial charge in [-0.2, -0.15) is 5.10 Å². The van der Waals surface area contributed by atoms with Crippen molar-refractivity contribution in [3.05, 3.63) is 71.7 Å². The van der Waals surface area contributed by atoms with Gasteiger partial charge in [-0.25, -0.2) is 9.07 Å². The molecule has 36 heavy (non-hydrogen) atoms. The van der Waals surface area contributed by atoms with Crippen molar-refractivity contribution in [1.82, 2.24) is 14.7 Å². The Labute approximate surface area is 213 Å². The summed E-state index contributed by atoms with van der Waals surface area (Å²) in [5.41, 5.74) is 2.76. The number of ether oxygens (including phenoxy) is 2. The third kappa shape index (κ3) is 6.93. The van der Waals surface area contributed by atoms with E-state index in [1.165, 1.54) is 12.1 Å². The van der Waals surface area contributed by atoms with Gasteiger partial charge in [-0.3, -0.25) is 4.90 Å². The lowest BCUT2D eigenvalue weighted by atomic mass is 10.1. The summed E-state index contributed by atoms with van der Waals surface area (Å²) in [5, 5.41) is 15.7. The quantitative estimate of drug-likeness (QED) is 0.319. The number of aromatic nitrogens is 2. The van der Waals surface area contributed by atoms with Gasteiger partial charge in [0.25, 0.3) is 0 Å². The number of halogens is 1. The molecule has 7 heteroatoms. The average Bonchev–Trinajstić information content (AvgIpc) is 3.62. The minimum absolute atomic E-state index is 0.153. The first-order valence-electron chi connectivity index (χ1n) is 12.9. The van der Waals surface area contributed by atoms with Crippen LogP contribution < -0.4 is 4.74 Å². The van der Waals surface area contributed by atoms with Gasteiger partial charge in [0, 0.05) is 31.8 Å². The lowest BCUT2D eigenvalue weighted by molar-refractivity contribution is 0.00534. The first kappa shape index (κ1) is 26.3. The summed E-state index contributed by atoms with van der Waals surface area (Å²) in [6.45, 7) is 10.5. The predicted octanol–water partition coefficient (Wildman–Crippen LogP) is 5.93. The molecule has 1 aliphatic rings. The Bertz CT molecular complexity index is 1110. The fourth-order valence-corrected chi connectivity index (χ4v) is 4.30. The molecular weight excluding hydrogens is 457 g/mol. The summed E-state index contributed by atoms with van der Waals surface area (Å²) < 4.78 is 27.8. The second-order valence-corrected chi connectivity index (χ2v) is 10.4. The van der Waals surface area contributed by atoms with Crippen LogP contribution in [-0.4, -0.2) is 51.7 Å². The van der Waals surface area contributed by atoms with E-state index in [9.17, 15) is 9.50 Å². The second kappa shape index (κ2) is 12.0. The molecule has 1 aromatic heterocycles. The fraction of sp³-hybridized carbons (Fsp3) is 0.483. The number of hydrogen-bond donors (Lipinski definition) is 1. The molecule has 1 aliphatic carbocycles. The van der Waals surface area contributed by atoms with E-state index in [2.05, 4.69) is 32.6 Å². The maximum atomic E-state index is 14.0. The molecule has 0 bridgehead atoms. The van der Waals surface area contributed by atoms with E-state index in [4.69, 9.17) is 14.6 Å². The Morgan fingerprint density at radius 2 is 1.81 bits per heavy atom. The largest absolute Gasteiger partial charge is 0.438 e. The van der Waals surface area contributed by atoms with Gasteiger partial charge >= 0.3 is 0 Å². The first-order chi connectivity index (χ1) is 17.3. The monoisotopic (exact) mass is 495 g/mol. The zero-order valence-electron chi connectivity index (χ0n) is 21.7. The summed E-state index contributed by atoms with van der Waals surface area (Å²) in [5.74, 6) is 1.22. The lowest BCUT2D eigenvalue weighted by Crippen LogP contribution is -2.36. The van der Waals surface area contributed by atoms with Gasteiger partial charge in [0.1, 0.15) is 11.6 Å². The summed E-state index contributed by atoms with van der Waals surface area (Å²) in [7, 11) is 0. The Morgan fingerprint density at radius 3 is 2.44 bits per heavy atom. The number of aliphatic hydroxyl groups excluding tert-OH is 1. The van der Waals surface area contributed by atoms with Crippen molar-refractivity contribution in [2.45, 2.75) is 65.1 Å². The molecule has 2 aromatic carbocycles. The summed E-state index contributed by atoms with van der Waals surface area (Å²) >= 11 is 0. The van der Waals surface area contributed by atoms with Crippen LogP contribution in [0.1, 0.15) is 57.7 Å². The zero-order chi connectivity index (χ0) is 25.7. The standard InChI is InChI=1S/C29H38FN3O3/c1-20(2)18-35-19-25(34)16-32(23-13-14-23)17-27-28(21(3)4)31-33(24-10-6-5-7-11-24)29(27)36-26-12-8-9-22(30)15-26/h5-12,15,20-21,23,25,34H,13-14,16-19H2,1-4H3/t25-/m0/s1.